The van der Waals surface area contributed by atoms with E-state index in [4.69, 9.17) is 29.0 Å². The van der Waals surface area contributed by atoms with E-state index in [2.05, 4.69) is 16.5 Å². The van der Waals surface area contributed by atoms with Gasteiger partial charge in [0, 0.05) is 27.9 Å². The van der Waals surface area contributed by atoms with Gasteiger partial charge in [-0.3, -0.25) is 16.3 Å². The van der Waals surface area contributed by atoms with Gasteiger partial charge in [0.2, 0.25) is 0 Å². The highest BCUT2D eigenvalue weighted by molar-refractivity contribution is 6.35. The minimum atomic E-state index is -0.0660. The first-order valence-corrected chi connectivity index (χ1v) is 7.81. The normalized spacial score (nSPS) is 19.1. The highest BCUT2D eigenvalue weighted by Crippen LogP contribution is 2.41. The van der Waals surface area contributed by atoms with Gasteiger partial charge in [-0.25, -0.2) is 0 Å². The lowest BCUT2D eigenvalue weighted by molar-refractivity contribution is 0.400. The second kappa shape index (κ2) is 6.32. The molecule has 0 radical (unpaired) electrons. The first kappa shape index (κ1) is 14.8. The lowest BCUT2D eigenvalue weighted by Gasteiger charge is -2.31. The fourth-order valence-corrected chi connectivity index (χ4v) is 3.67. The number of aromatic nitrogens is 1. The van der Waals surface area contributed by atoms with E-state index in [1.54, 1.807) is 6.07 Å². The van der Waals surface area contributed by atoms with Gasteiger partial charge in [0.1, 0.15) is 0 Å². The van der Waals surface area contributed by atoms with E-state index in [0.717, 1.165) is 30.5 Å². The van der Waals surface area contributed by atoms with E-state index in [1.807, 2.05) is 24.4 Å². The van der Waals surface area contributed by atoms with Crippen LogP contribution in [0.3, 0.4) is 0 Å². The molecule has 0 saturated carbocycles. The molecule has 0 bridgehead atoms. The van der Waals surface area contributed by atoms with E-state index < -0.39 is 0 Å². The van der Waals surface area contributed by atoms with E-state index in [9.17, 15) is 0 Å². The van der Waals surface area contributed by atoms with Gasteiger partial charge in [-0.1, -0.05) is 35.3 Å². The number of rotatable bonds is 3. The summed E-state index contributed by atoms with van der Waals surface area (Å²) in [6.45, 7) is 0. The second-order valence-electron chi connectivity index (χ2n) is 5.36. The number of benzene rings is 1. The summed E-state index contributed by atoms with van der Waals surface area (Å²) in [7, 11) is 0. The van der Waals surface area contributed by atoms with Crippen molar-refractivity contribution in [3.05, 3.63) is 63.4 Å². The molecule has 2 aromatic rings. The minimum Gasteiger partial charge on any atom is -0.271 e. The van der Waals surface area contributed by atoms with Crippen LogP contribution in [0.1, 0.15) is 41.6 Å². The molecule has 1 aliphatic rings. The third-order valence-corrected chi connectivity index (χ3v) is 4.68. The summed E-state index contributed by atoms with van der Waals surface area (Å²) in [4.78, 5) is 4.58. The first-order valence-electron chi connectivity index (χ1n) is 7.05. The monoisotopic (exact) mass is 321 g/mol. The number of hydrazine groups is 1. The van der Waals surface area contributed by atoms with Crippen LogP contribution in [0.2, 0.25) is 10.0 Å². The quantitative estimate of drug-likeness (QED) is 0.663. The van der Waals surface area contributed by atoms with Crippen LogP contribution in [0.4, 0.5) is 0 Å². The van der Waals surface area contributed by atoms with E-state index in [0.29, 0.717) is 10.0 Å². The molecular formula is C16H17Cl2N3. The van der Waals surface area contributed by atoms with Crippen molar-refractivity contribution in [2.45, 2.75) is 31.2 Å². The third kappa shape index (κ3) is 2.92. The second-order valence-corrected chi connectivity index (χ2v) is 6.20. The number of fused-ring (bicyclic) bond motifs is 1. The lowest BCUT2D eigenvalue weighted by Crippen LogP contribution is -2.34. The Morgan fingerprint density at radius 2 is 2.14 bits per heavy atom. The standard InChI is InChI=1S/C16H17Cl2N3/c17-11-6-7-12(14(18)9-11)16(21-19)13-5-1-3-10-4-2-8-20-15(10)13/h2,4,6-9,13,16,21H,1,3,5,19H2. The summed E-state index contributed by atoms with van der Waals surface area (Å²) < 4.78 is 0. The number of hydrogen-bond donors (Lipinski definition) is 2. The van der Waals surface area contributed by atoms with Crippen molar-refractivity contribution < 1.29 is 0 Å². The summed E-state index contributed by atoms with van der Waals surface area (Å²) in [5.41, 5.74) is 6.31. The Balaban J connectivity index is 2.01. The SMILES string of the molecule is NNC(c1ccc(Cl)cc1Cl)C1CCCc2cccnc21. The molecule has 2 unspecified atom stereocenters. The Labute approximate surface area is 134 Å². The van der Waals surface area contributed by atoms with Crippen LogP contribution in [-0.2, 0) is 6.42 Å². The summed E-state index contributed by atoms with van der Waals surface area (Å²) in [6, 6.07) is 9.60. The number of pyridine rings is 1. The van der Waals surface area contributed by atoms with Crippen LogP contribution in [0.25, 0.3) is 0 Å². The van der Waals surface area contributed by atoms with Gasteiger partial charge >= 0.3 is 0 Å². The molecule has 0 saturated heterocycles. The molecule has 0 fully saturated rings. The third-order valence-electron chi connectivity index (χ3n) is 4.12. The van der Waals surface area contributed by atoms with Crippen molar-refractivity contribution in [3.8, 4) is 0 Å². The number of nitrogens with two attached hydrogens (primary N) is 1. The van der Waals surface area contributed by atoms with Gasteiger partial charge in [0.15, 0.2) is 0 Å². The maximum Gasteiger partial charge on any atom is 0.0558 e. The minimum absolute atomic E-state index is 0.0660. The fraction of sp³-hybridized carbons (Fsp3) is 0.312. The predicted octanol–water partition coefficient (Wildman–Crippen LogP) is 4.01. The smallest absolute Gasteiger partial charge is 0.0558 e. The molecule has 1 aromatic heterocycles. The Morgan fingerprint density at radius 1 is 1.29 bits per heavy atom. The lowest BCUT2D eigenvalue weighted by atomic mass is 9.80. The number of halogens is 2. The highest BCUT2D eigenvalue weighted by Gasteiger charge is 2.30. The summed E-state index contributed by atoms with van der Waals surface area (Å²) >= 11 is 12.3. The average Bonchev–Trinajstić information content (AvgIpc) is 2.50. The number of aryl methyl sites for hydroxylation is 1. The summed E-state index contributed by atoms with van der Waals surface area (Å²) in [5.74, 6) is 6.05. The zero-order chi connectivity index (χ0) is 14.8. The molecule has 1 heterocycles. The van der Waals surface area contributed by atoms with Gasteiger partial charge in [-0.15, -0.1) is 0 Å². The average molecular weight is 322 g/mol. The molecule has 2 atom stereocenters. The molecule has 1 aliphatic carbocycles. The first-order chi connectivity index (χ1) is 10.2. The molecular weight excluding hydrogens is 305 g/mol. The zero-order valence-corrected chi connectivity index (χ0v) is 13.0. The van der Waals surface area contributed by atoms with Crippen LogP contribution in [-0.4, -0.2) is 4.98 Å². The van der Waals surface area contributed by atoms with Gasteiger partial charge in [-0.2, -0.15) is 0 Å². The maximum absolute atomic E-state index is 6.35. The van der Waals surface area contributed by atoms with E-state index in [1.165, 1.54) is 5.56 Å². The topological polar surface area (TPSA) is 50.9 Å². The molecule has 0 amide bonds. The Hall–Kier alpha value is -1.13. The molecule has 3 nitrogen and oxygen atoms in total. The number of nitrogens with zero attached hydrogens (tertiary/aromatic N) is 1. The largest absolute Gasteiger partial charge is 0.271 e. The highest BCUT2D eigenvalue weighted by atomic mass is 35.5. The molecule has 3 rings (SSSR count). The number of hydrogen-bond acceptors (Lipinski definition) is 3. The Bertz CT molecular complexity index is 645. The molecule has 5 heteroatoms. The molecule has 0 aliphatic heterocycles. The fourth-order valence-electron chi connectivity index (χ4n) is 3.15. The van der Waals surface area contributed by atoms with Crippen molar-refractivity contribution in [3.63, 3.8) is 0 Å². The van der Waals surface area contributed by atoms with Crippen LogP contribution < -0.4 is 11.3 Å². The molecule has 110 valence electrons. The van der Waals surface area contributed by atoms with Crippen molar-refractivity contribution in [2.24, 2.45) is 5.84 Å². The van der Waals surface area contributed by atoms with Gasteiger partial charge in [0.25, 0.3) is 0 Å². The predicted molar refractivity (Wildman–Crippen MR) is 86.4 cm³/mol. The van der Waals surface area contributed by atoms with Crippen LogP contribution in [0.5, 0.6) is 0 Å². The van der Waals surface area contributed by atoms with E-state index in [-0.39, 0.29) is 12.0 Å². The molecule has 0 spiro atoms. The van der Waals surface area contributed by atoms with Crippen molar-refractivity contribution in [1.29, 1.82) is 0 Å². The van der Waals surface area contributed by atoms with E-state index >= 15 is 0 Å². The summed E-state index contributed by atoms with van der Waals surface area (Å²) in [6.07, 6.45) is 5.09. The van der Waals surface area contributed by atoms with Crippen LogP contribution in [0.15, 0.2) is 36.5 Å². The molecule has 21 heavy (non-hydrogen) atoms. The van der Waals surface area contributed by atoms with Crippen LogP contribution >= 0.6 is 23.2 Å². The van der Waals surface area contributed by atoms with Crippen molar-refractivity contribution in [1.82, 2.24) is 10.4 Å². The molecule has 3 N–H and O–H groups in total. The number of nitrogens with one attached hydrogen (secondary N) is 1. The Morgan fingerprint density at radius 3 is 2.90 bits per heavy atom. The van der Waals surface area contributed by atoms with Gasteiger partial charge in [0.05, 0.1) is 6.04 Å². The Kier molecular flexibility index (Phi) is 4.45. The van der Waals surface area contributed by atoms with Gasteiger partial charge < -0.3 is 0 Å². The van der Waals surface area contributed by atoms with Crippen molar-refractivity contribution in [2.75, 3.05) is 0 Å². The zero-order valence-electron chi connectivity index (χ0n) is 11.5. The molecule has 1 aromatic carbocycles. The maximum atomic E-state index is 6.35. The van der Waals surface area contributed by atoms with Crippen LogP contribution in [0, 0.1) is 0 Å². The van der Waals surface area contributed by atoms with Crippen molar-refractivity contribution >= 4 is 23.2 Å². The summed E-state index contributed by atoms with van der Waals surface area (Å²) in [5, 5.41) is 1.26. The van der Waals surface area contributed by atoms with Gasteiger partial charge in [-0.05, 0) is 48.6 Å².